The van der Waals surface area contributed by atoms with Crippen molar-refractivity contribution >= 4 is 27.6 Å². The van der Waals surface area contributed by atoms with E-state index in [1.165, 1.54) is 17.3 Å². The molecule has 0 spiro atoms. The predicted octanol–water partition coefficient (Wildman–Crippen LogP) is 6.19. The minimum atomic E-state index is -0.126. The molecule has 0 saturated heterocycles. The molecule has 0 aliphatic heterocycles. The Balaban J connectivity index is 2.85. The molecule has 1 atom stereocenters. The van der Waals surface area contributed by atoms with Gasteiger partial charge in [0.1, 0.15) is 23.0 Å². The second-order valence-electron chi connectivity index (χ2n) is 7.52. The zero-order valence-electron chi connectivity index (χ0n) is 19.1. The number of benzene rings is 2. The minimum Gasteiger partial charge on any atom is -0.496 e. The molecule has 5 nitrogen and oxygen atoms in total. The highest BCUT2D eigenvalue weighted by Crippen LogP contribution is 2.50. The maximum absolute atomic E-state index is 12.6. The van der Waals surface area contributed by atoms with Gasteiger partial charge < -0.3 is 18.9 Å². The summed E-state index contributed by atoms with van der Waals surface area (Å²) < 4.78 is 22.9. The van der Waals surface area contributed by atoms with Crippen LogP contribution >= 0.6 is 11.8 Å². The first-order chi connectivity index (χ1) is 14.3. The first-order valence-corrected chi connectivity index (χ1v) is 10.8. The molecule has 0 saturated carbocycles. The molecule has 2 rings (SSSR count). The molecule has 0 amide bonds. The molecule has 0 aliphatic rings. The van der Waals surface area contributed by atoms with Crippen molar-refractivity contribution in [2.45, 2.75) is 39.4 Å². The standard InChI is InChI=1S/C24H32O5S/c1-14(2)9-12-20(30-24(25)15(3)4)16-13-19(28-7)21-17(26-5)10-11-18(27-6)22(21)23(16)29-8/h9-11,13,15,20H,12H2,1-8H3. The fraction of sp³-hybridized carbons (Fsp3) is 0.458. The Morgan fingerprint density at radius 1 is 0.933 bits per heavy atom. The lowest BCUT2D eigenvalue weighted by Crippen LogP contribution is -2.08. The van der Waals surface area contributed by atoms with E-state index < -0.39 is 0 Å². The molecule has 0 aliphatic carbocycles. The summed E-state index contributed by atoms with van der Waals surface area (Å²) in [6, 6.07) is 5.65. The van der Waals surface area contributed by atoms with Gasteiger partial charge in [0.05, 0.1) is 39.2 Å². The third kappa shape index (κ3) is 5.04. The Morgan fingerprint density at radius 2 is 1.50 bits per heavy atom. The molecule has 30 heavy (non-hydrogen) atoms. The highest BCUT2D eigenvalue weighted by atomic mass is 32.2. The van der Waals surface area contributed by atoms with Crippen LogP contribution in [-0.2, 0) is 4.79 Å². The van der Waals surface area contributed by atoms with Crippen LogP contribution in [0.25, 0.3) is 10.8 Å². The molecule has 164 valence electrons. The first kappa shape index (κ1) is 23.9. The third-order valence-corrected chi connectivity index (χ3v) is 6.27. The van der Waals surface area contributed by atoms with Gasteiger partial charge in [0.25, 0.3) is 0 Å². The van der Waals surface area contributed by atoms with Gasteiger partial charge in [-0.2, -0.15) is 0 Å². The average Bonchev–Trinajstić information content (AvgIpc) is 2.73. The number of rotatable bonds is 9. The van der Waals surface area contributed by atoms with E-state index in [4.69, 9.17) is 18.9 Å². The fourth-order valence-electron chi connectivity index (χ4n) is 3.28. The lowest BCUT2D eigenvalue weighted by molar-refractivity contribution is -0.113. The lowest BCUT2D eigenvalue weighted by Gasteiger charge is -2.23. The topological polar surface area (TPSA) is 54.0 Å². The van der Waals surface area contributed by atoms with Crippen molar-refractivity contribution in [3.8, 4) is 23.0 Å². The van der Waals surface area contributed by atoms with Gasteiger partial charge in [-0.15, -0.1) is 0 Å². The maximum atomic E-state index is 12.6. The molecule has 2 aromatic carbocycles. The highest BCUT2D eigenvalue weighted by Gasteiger charge is 2.27. The number of ether oxygens (including phenoxy) is 4. The van der Waals surface area contributed by atoms with Crippen LogP contribution in [0.15, 0.2) is 29.8 Å². The number of methoxy groups -OCH3 is 4. The summed E-state index contributed by atoms with van der Waals surface area (Å²) >= 11 is 1.34. The van der Waals surface area contributed by atoms with Crippen molar-refractivity contribution in [1.82, 2.24) is 0 Å². The number of carbonyl (C=O) groups excluding carboxylic acids is 1. The molecule has 6 heteroatoms. The fourth-order valence-corrected chi connectivity index (χ4v) is 4.32. The summed E-state index contributed by atoms with van der Waals surface area (Å²) in [6.07, 6.45) is 2.84. The van der Waals surface area contributed by atoms with Crippen LogP contribution in [0.1, 0.15) is 44.9 Å². The summed E-state index contributed by atoms with van der Waals surface area (Å²) in [5.41, 5.74) is 2.09. The number of allylic oxidation sites excluding steroid dienone is 2. The van der Waals surface area contributed by atoms with E-state index in [1.807, 2.05) is 32.0 Å². The molecule has 0 bridgehead atoms. The lowest BCUT2D eigenvalue weighted by atomic mass is 9.98. The number of hydrogen-bond donors (Lipinski definition) is 0. The van der Waals surface area contributed by atoms with Crippen LogP contribution in [-0.4, -0.2) is 33.6 Å². The second kappa shape index (κ2) is 10.6. The summed E-state index contributed by atoms with van der Waals surface area (Å²) in [7, 11) is 6.51. The van der Waals surface area contributed by atoms with Crippen molar-refractivity contribution in [2.75, 3.05) is 28.4 Å². The summed E-state index contributed by atoms with van der Waals surface area (Å²) in [6.45, 7) is 7.94. The van der Waals surface area contributed by atoms with Gasteiger partial charge in [0.2, 0.25) is 0 Å². The van der Waals surface area contributed by atoms with Crippen LogP contribution in [0.2, 0.25) is 0 Å². The summed E-state index contributed by atoms with van der Waals surface area (Å²) in [4.78, 5) is 12.6. The van der Waals surface area contributed by atoms with Crippen molar-refractivity contribution in [3.63, 3.8) is 0 Å². The molecule has 0 heterocycles. The van der Waals surface area contributed by atoms with Gasteiger partial charge in [-0.25, -0.2) is 0 Å². The van der Waals surface area contributed by atoms with Crippen LogP contribution < -0.4 is 18.9 Å². The molecule has 0 fully saturated rings. The SMILES string of the molecule is COc1ccc(OC)c2c(OC)c(C(CC=C(C)C)SC(=O)C(C)C)cc(OC)c12. The van der Waals surface area contributed by atoms with E-state index in [2.05, 4.69) is 19.9 Å². The summed E-state index contributed by atoms with van der Waals surface area (Å²) in [5.74, 6) is 2.57. The van der Waals surface area contributed by atoms with E-state index in [0.29, 0.717) is 29.4 Å². The second-order valence-corrected chi connectivity index (χ2v) is 8.73. The average molecular weight is 433 g/mol. The summed E-state index contributed by atoms with van der Waals surface area (Å²) in [5, 5.41) is 1.56. The largest absolute Gasteiger partial charge is 0.496 e. The van der Waals surface area contributed by atoms with Gasteiger partial charge in [-0.05, 0) is 38.5 Å². The number of thioether (sulfide) groups is 1. The Bertz CT molecular complexity index is 929. The Labute approximate surface area is 183 Å². The van der Waals surface area contributed by atoms with Crippen LogP contribution in [0.5, 0.6) is 23.0 Å². The molecular formula is C24H32O5S. The molecular weight excluding hydrogens is 400 g/mol. The predicted molar refractivity (Wildman–Crippen MR) is 124 cm³/mol. The van der Waals surface area contributed by atoms with Crippen LogP contribution in [0.4, 0.5) is 0 Å². The van der Waals surface area contributed by atoms with Crippen molar-refractivity contribution < 1.29 is 23.7 Å². The molecule has 0 N–H and O–H groups in total. The third-order valence-electron chi connectivity index (χ3n) is 4.83. The smallest absolute Gasteiger partial charge is 0.192 e. The van der Waals surface area contributed by atoms with Gasteiger partial charge in [0, 0.05) is 16.7 Å². The molecule has 1 unspecified atom stereocenters. The van der Waals surface area contributed by atoms with Crippen molar-refractivity contribution in [2.24, 2.45) is 5.92 Å². The zero-order chi connectivity index (χ0) is 22.4. The van der Waals surface area contributed by atoms with Crippen LogP contribution in [0.3, 0.4) is 0 Å². The minimum absolute atomic E-state index is 0.0628. The zero-order valence-corrected chi connectivity index (χ0v) is 19.9. The van der Waals surface area contributed by atoms with E-state index in [9.17, 15) is 4.79 Å². The van der Waals surface area contributed by atoms with E-state index in [1.54, 1.807) is 28.4 Å². The number of carbonyl (C=O) groups is 1. The molecule has 0 radical (unpaired) electrons. The number of hydrogen-bond acceptors (Lipinski definition) is 6. The normalized spacial score (nSPS) is 11.9. The van der Waals surface area contributed by atoms with Crippen molar-refractivity contribution in [1.29, 1.82) is 0 Å². The van der Waals surface area contributed by atoms with E-state index in [-0.39, 0.29) is 16.3 Å². The highest BCUT2D eigenvalue weighted by molar-refractivity contribution is 8.13. The monoisotopic (exact) mass is 432 g/mol. The van der Waals surface area contributed by atoms with E-state index >= 15 is 0 Å². The quantitative estimate of drug-likeness (QED) is 0.441. The Kier molecular flexibility index (Phi) is 8.47. The first-order valence-electron chi connectivity index (χ1n) is 9.92. The van der Waals surface area contributed by atoms with Crippen LogP contribution in [0, 0.1) is 5.92 Å². The van der Waals surface area contributed by atoms with Gasteiger partial charge in [0.15, 0.2) is 5.12 Å². The van der Waals surface area contributed by atoms with Crippen molar-refractivity contribution in [3.05, 3.63) is 35.4 Å². The van der Waals surface area contributed by atoms with Gasteiger partial charge in [-0.1, -0.05) is 37.3 Å². The Morgan fingerprint density at radius 3 is 1.97 bits per heavy atom. The number of fused-ring (bicyclic) bond motifs is 1. The van der Waals surface area contributed by atoms with Gasteiger partial charge >= 0.3 is 0 Å². The maximum Gasteiger partial charge on any atom is 0.192 e. The molecule has 2 aromatic rings. The van der Waals surface area contributed by atoms with E-state index in [0.717, 1.165) is 16.3 Å². The Hall–Kier alpha value is -2.34. The molecule has 0 aromatic heterocycles. The van der Waals surface area contributed by atoms with Gasteiger partial charge in [-0.3, -0.25) is 4.79 Å².